The summed E-state index contributed by atoms with van der Waals surface area (Å²) in [6, 6.07) is 19.3. The molecule has 0 amide bonds. The summed E-state index contributed by atoms with van der Waals surface area (Å²) < 4.78 is 32.0. The topological polar surface area (TPSA) is 50.5 Å². The van der Waals surface area contributed by atoms with E-state index in [2.05, 4.69) is 0 Å². The van der Waals surface area contributed by atoms with Crippen LogP contribution in [0.5, 0.6) is 0 Å². The summed E-state index contributed by atoms with van der Waals surface area (Å²) in [7, 11) is 0. The Hall–Kier alpha value is -3.80. The van der Waals surface area contributed by atoms with E-state index in [4.69, 9.17) is 4.42 Å². The molecule has 1 heterocycles. The minimum atomic E-state index is -0.680. The molecule has 4 nitrogen and oxygen atoms in total. The molecule has 0 aliphatic heterocycles. The van der Waals surface area contributed by atoms with Gasteiger partial charge in [-0.1, -0.05) is 24.3 Å². The van der Waals surface area contributed by atoms with E-state index in [1.165, 1.54) is 37.3 Å². The maximum atomic E-state index is 13.3. The Kier molecular flexibility index (Phi) is 5.62. The van der Waals surface area contributed by atoms with Crippen LogP contribution in [0.4, 0.5) is 14.5 Å². The molecule has 0 saturated heterocycles. The molecule has 0 atom stereocenters. The molecule has 4 rings (SSSR count). The van der Waals surface area contributed by atoms with E-state index in [0.717, 1.165) is 16.8 Å². The second kappa shape index (κ2) is 8.52. The zero-order valence-electron chi connectivity index (χ0n) is 16.8. The summed E-state index contributed by atoms with van der Waals surface area (Å²) in [5, 5.41) is 0.636. The van der Waals surface area contributed by atoms with Crippen LogP contribution in [-0.2, 0) is 13.1 Å². The van der Waals surface area contributed by atoms with Gasteiger partial charge in [0, 0.05) is 30.2 Å². The van der Waals surface area contributed by atoms with Crippen LogP contribution >= 0.6 is 0 Å². The lowest BCUT2D eigenvalue weighted by atomic mass is 10.1. The van der Waals surface area contributed by atoms with Crippen molar-refractivity contribution in [3.05, 3.63) is 112 Å². The van der Waals surface area contributed by atoms with Crippen molar-refractivity contribution in [3.8, 4) is 0 Å². The fraction of sp³-hybridized carbons (Fsp3) is 0.120. The second-order valence-electron chi connectivity index (χ2n) is 7.33. The van der Waals surface area contributed by atoms with Gasteiger partial charge in [-0.05, 0) is 60.5 Å². The summed E-state index contributed by atoms with van der Waals surface area (Å²) in [5.74, 6) is -0.987. The monoisotopic (exact) mass is 419 g/mol. The number of benzene rings is 3. The van der Waals surface area contributed by atoms with Crippen molar-refractivity contribution in [2.24, 2.45) is 0 Å². The van der Waals surface area contributed by atoms with Gasteiger partial charge in [-0.3, -0.25) is 4.79 Å². The number of carbonyl (C=O) groups excluding carboxylic acids is 1. The Balaban J connectivity index is 1.73. The third kappa shape index (κ3) is 4.69. The standard InChI is InChI=1S/C25H19F2NO3/c1-16(29)23-12-19-6-11-22(13-24(19)31-25(23)30)28(14-17-2-7-20(26)8-3-17)15-18-4-9-21(27)10-5-18/h2-13H,14-15H2,1H3. The highest BCUT2D eigenvalue weighted by Gasteiger charge is 2.14. The van der Waals surface area contributed by atoms with Crippen LogP contribution in [0.15, 0.2) is 82.0 Å². The number of anilines is 1. The molecule has 6 heteroatoms. The Morgan fingerprint density at radius 3 is 1.90 bits per heavy atom. The van der Waals surface area contributed by atoms with Crippen LogP contribution < -0.4 is 10.5 Å². The molecule has 0 fully saturated rings. The largest absolute Gasteiger partial charge is 0.422 e. The van der Waals surface area contributed by atoms with E-state index >= 15 is 0 Å². The molecule has 0 spiro atoms. The van der Waals surface area contributed by atoms with Crippen molar-refractivity contribution in [1.82, 2.24) is 0 Å². The third-order valence-corrected chi connectivity index (χ3v) is 5.04. The number of Topliss-reactive ketones (excluding diaryl/α,β-unsaturated/α-hetero) is 1. The first-order valence-corrected chi connectivity index (χ1v) is 9.72. The van der Waals surface area contributed by atoms with Crippen molar-refractivity contribution in [2.45, 2.75) is 20.0 Å². The van der Waals surface area contributed by atoms with Crippen LogP contribution in [0, 0.1) is 11.6 Å². The first-order valence-electron chi connectivity index (χ1n) is 9.72. The van der Waals surface area contributed by atoms with E-state index in [0.29, 0.717) is 24.1 Å². The molecular formula is C25H19F2NO3. The van der Waals surface area contributed by atoms with Crippen LogP contribution in [0.2, 0.25) is 0 Å². The zero-order valence-corrected chi connectivity index (χ0v) is 16.8. The molecule has 31 heavy (non-hydrogen) atoms. The molecule has 4 aromatic rings. The lowest BCUT2D eigenvalue weighted by molar-refractivity contribution is 0.101. The van der Waals surface area contributed by atoms with Crippen molar-refractivity contribution in [1.29, 1.82) is 0 Å². The molecular weight excluding hydrogens is 400 g/mol. The Morgan fingerprint density at radius 2 is 1.39 bits per heavy atom. The summed E-state index contributed by atoms with van der Waals surface area (Å²) in [6.45, 7) is 2.23. The fourth-order valence-corrected chi connectivity index (χ4v) is 3.40. The Morgan fingerprint density at radius 1 is 0.839 bits per heavy atom. The van der Waals surface area contributed by atoms with Gasteiger partial charge in [0.1, 0.15) is 22.8 Å². The quantitative estimate of drug-likeness (QED) is 0.307. The van der Waals surface area contributed by atoms with Gasteiger partial charge in [-0.15, -0.1) is 0 Å². The Labute approximate surface area is 177 Å². The van der Waals surface area contributed by atoms with Crippen LogP contribution in [0.3, 0.4) is 0 Å². The number of ketones is 1. The van der Waals surface area contributed by atoms with Gasteiger partial charge in [-0.2, -0.15) is 0 Å². The molecule has 0 aliphatic rings. The number of carbonyl (C=O) groups is 1. The molecule has 156 valence electrons. The Bertz CT molecular complexity index is 1250. The summed E-state index contributed by atoms with van der Waals surface area (Å²) >= 11 is 0. The van der Waals surface area contributed by atoms with Crippen molar-refractivity contribution < 1.29 is 18.0 Å². The predicted molar refractivity (Wildman–Crippen MR) is 115 cm³/mol. The minimum Gasteiger partial charge on any atom is -0.422 e. The van der Waals surface area contributed by atoms with E-state index < -0.39 is 5.63 Å². The normalized spacial score (nSPS) is 10.9. The summed E-state index contributed by atoms with van der Waals surface area (Å²) in [6.07, 6.45) is 0. The lowest BCUT2D eigenvalue weighted by Gasteiger charge is -2.25. The SMILES string of the molecule is CC(=O)c1cc2ccc(N(Cc3ccc(F)cc3)Cc3ccc(F)cc3)cc2oc1=O. The smallest absolute Gasteiger partial charge is 0.347 e. The molecule has 0 saturated carbocycles. The fourth-order valence-electron chi connectivity index (χ4n) is 3.40. The van der Waals surface area contributed by atoms with Crippen LogP contribution in [-0.4, -0.2) is 5.78 Å². The van der Waals surface area contributed by atoms with Crippen LogP contribution in [0.1, 0.15) is 28.4 Å². The number of hydrogen-bond donors (Lipinski definition) is 0. The number of fused-ring (bicyclic) bond motifs is 1. The summed E-state index contributed by atoms with van der Waals surface area (Å²) in [4.78, 5) is 25.8. The number of nitrogens with zero attached hydrogens (tertiary/aromatic N) is 1. The van der Waals surface area contributed by atoms with Crippen molar-refractivity contribution in [3.63, 3.8) is 0 Å². The molecule has 0 aliphatic carbocycles. The average Bonchev–Trinajstić information content (AvgIpc) is 2.75. The summed E-state index contributed by atoms with van der Waals surface area (Å²) in [5.41, 5.74) is 2.22. The average molecular weight is 419 g/mol. The van der Waals surface area contributed by atoms with Gasteiger partial charge in [0.15, 0.2) is 5.78 Å². The maximum absolute atomic E-state index is 13.3. The van der Waals surface area contributed by atoms with E-state index in [9.17, 15) is 18.4 Å². The second-order valence-corrected chi connectivity index (χ2v) is 7.33. The van der Waals surface area contributed by atoms with Gasteiger partial charge >= 0.3 is 5.63 Å². The molecule has 0 radical (unpaired) electrons. The third-order valence-electron chi connectivity index (χ3n) is 5.04. The first-order chi connectivity index (χ1) is 14.9. The van der Waals surface area contributed by atoms with Crippen LogP contribution in [0.25, 0.3) is 11.0 Å². The van der Waals surface area contributed by atoms with Crippen molar-refractivity contribution >= 4 is 22.4 Å². The zero-order chi connectivity index (χ0) is 22.0. The molecule has 0 N–H and O–H groups in total. The highest BCUT2D eigenvalue weighted by molar-refractivity contribution is 5.96. The van der Waals surface area contributed by atoms with E-state index in [1.54, 1.807) is 36.4 Å². The minimum absolute atomic E-state index is 0.00901. The number of rotatable bonds is 6. The van der Waals surface area contributed by atoms with Gasteiger partial charge in [0.25, 0.3) is 0 Å². The molecule has 0 unspecified atom stereocenters. The molecule has 0 bridgehead atoms. The molecule has 3 aromatic carbocycles. The number of hydrogen-bond acceptors (Lipinski definition) is 4. The lowest BCUT2D eigenvalue weighted by Crippen LogP contribution is -2.22. The van der Waals surface area contributed by atoms with Gasteiger partial charge in [-0.25, -0.2) is 13.6 Å². The maximum Gasteiger partial charge on any atom is 0.347 e. The molecule has 1 aromatic heterocycles. The highest BCUT2D eigenvalue weighted by atomic mass is 19.1. The highest BCUT2D eigenvalue weighted by Crippen LogP contribution is 2.25. The first kappa shape index (κ1) is 20.5. The van der Waals surface area contributed by atoms with Gasteiger partial charge in [0.2, 0.25) is 0 Å². The van der Waals surface area contributed by atoms with E-state index in [1.807, 2.05) is 11.0 Å². The number of halogens is 2. The van der Waals surface area contributed by atoms with Gasteiger partial charge in [0.05, 0.1) is 0 Å². The van der Waals surface area contributed by atoms with Crippen molar-refractivity contribution in [2.75, 3.05) is 4.90 Å². The predicted octanol–water partition coefficient (Wildman–Crippen LogP) is 5.48. The van der Waals surface area contributed by atoms with E-state index in [-0.39, 0.29) is 23.0 Å². The van der Waals surface area contributed by atoms with Gasteiger partial charge < -0.3 is 9.32 Å².